The number of nitrogens with one attached hydrogen (secondary N) is 1. The first kappa shape index (κ1) is 14.7. The van der Waals surface area contributed by atoms with Crippen molar-refractivity contribution in [2.75, 3.05) is 25.1 Å². The van der Waals surface area contributed by atoms with E-state index in [1.165, 1.54) is 4.90 Å². The van der Waals surface area contributed by atoms with Crippen LogP contribution in [0.4, 0.5) is 4.79 Å². The zero-order chi connectivity index (χ0) is 13.8. The number of carbonyl (C=O) groups excluding carboxylic acids is 1. The number of amides is 2. The van der Waals surface area contributed by atoms with Gasteiger partial charge >= 0.3 is 12.0 Å². The molecule has 1 rings (SSSR count). The van der Waals surface area contributed by atoms with E-state index in [4.69, 9.17) is 5.11 Å². The molecular weight excluding hydrogens is 260 g/mol. The highest BCUT2D eigenvalue weighted by Gasteiger charge is 2.31. The predicted molar refractivity (Wildman–Crippen MR) is 65.1 cm³/mol. The molecule has 1 aliphatic rings. The smallest absolute Gasteiger partial charge is 0.326 e. The molecule has 0 spiro atoms. The molecule has 1 fully saturated rings. The Morgan fingerprint density at radius 3 is 2.61 bits per heavy atom. The van der Waals surface area contributed by atoms with Crippen molar-refractivity contribution in [2.45, 2.75) is 25.3 Å². The summed E-state index contributed by atoms with van der Waals surface area (Å²) < 4.78 is 21.8. The van der Waals surface area contributed by atoms with Crippen LogP contribution in [-0.2, 0) is 14.6 Å². The zero-order valence-electron chi connectivity index (χ0n) is 10.3. The fourth-order valence-electron chi connectivity index (χ4n) is 1.88. The van der Waals surface area contributed by atoms with Gasteiger partial charge in [0.25, 0.3) is 0 Å². The maximum atomic E-state index is 11.8. The van der Waals surface area contributed by atoms with E-state index in [1.54, 1.807) is 0 Å². The first-order chi connectivity index (χ1) is 8.31. The van der Waals surface area contributed by atoms with Crippen LogP contribution in [0.1, 0.15) is 19.3 Å². The Labute approximate surface area is 106 Å². The number of aliphatic carboxylic acids is 1. The number of hydrogen-bond donors (Lipinski definition) is 2. The average molecular weight is 278 g/mol. The average Bonchev–Trinajstić information content (AvgIpc) is 2.27. The second-order valence-corrected chi connectivity index (χ2v) is 6.66. The van der Waals surface area contributed by atoms with Crippen molar-refractivity contribution >= 4 is 21.8 Å². The van der Waals surface area contributed by atoms with Gasteiger partial charge in [-0.1, -0.05) is 0 Å². The standard InChI is InChI=1S/C10H18N2O5S/c1-18(16,17)7-5-11-10(15)12-6-3-2-4-8(12)9(13)14/h8H,2-7H2,1H3,(H,11,15)(H,13,14). The Balaban J connectivity index is 2.51. The van der Waals surface area contributed by atoms with Gasteiger partial charge in [0.1, 0.15) is 15.9 Å². The number of rotatable bonds is 4. The molecule has 7 nitrogen and oxygen atoms in total. The van der Waals surface area contributed by atoms with Crippen LogP contribution in [0.3, 0.4) is 0 Å². The molecule has 1 aliphatic heterocycles. The van der Waals surface area contributed by atoms with Crippen LogP contribution >= 0.6 is 0 Å². The van der Waals surface area contributed by atoms with Crippen LogP contribution < -0.4 is 5.32 Å². The molecule has 0 aromatic carbocycles. The molecule has 2 amide bonds. The largest absolute Gasteiger partial charge is 0.480 e. The van der Waals surface area contributed by atoms with E-state index in [1.807, 2.05) is 0 Å². The molecule has 2 N–H and O–H groups in total. The van der Waals surface area contributed by atoms with Crippen molar-refractivity contribution < 1.29 is 23.1 Å². The van der Waals surface area contributed by atoms with Gasteiger partial charge < -0.3 is 15.3 Å². The molecule has 1 saturated heterocycles. The van der Waals surface area contributed by atoms with Gasteiger partial charge in [-0.25, -0.2) is 18.0 Å². The second-order valence-electron chi connectivity index (χ2n) is 4.41. The van der Waals surface area contributed by atoms with Gasteiger partial charge in [-0.2, -0.15) is 0 Å². The van der Waals surface area contributed by atoms with Crippen molar-refractivity contribution in [3.63, 3.8) is 0 Å². The number of urea groups is 1. The first-order valence-corrected chi connectivity index (χ1v) is 7.82. The SMILES string of the molecule is CS(=O)(=O)CCNC(=O)N1CCCCC1C(=O)O. The molecule has 1 atom stereocenters. The molecule has 1 unspecified atom stereocenters. The minimum atomic E-state index is -3.13. The lowest BCUT2D eigenvalue weighted by Crippen LogP contribution is -2.52. The summed E-state index contributed by atoms with van der Waals surface area (Å²) in [5.41, 5.74) is 0. The molecule has 0 aromatic rings. The summed E-state index contributed by atoms with van der Waals surface area (Å²) in [7, 11) is -3.13. The van der Waals surface area contributed by atoms with Gasteiger partial charge in [-0.15, -0.1) is 0 Å². The molecule has 104 valence electrons. The Bertz CT molecular complexity index is 420. The number of nitrogens with zero attached hydrogens (tertiary/aromatic N) is 1. The number of hydrogen-bond acceptors (Lipinski definition) is 4. The fraction of sp³-hybridized carbons (Fsp3) is 0.800. The summed E-state index contributed by atoms with van der Waals surface area (Å²) in [5, 5.41) is 11.4. The quantitative estimate of drug-likeness (QED) is 0.733. The van der Waals surface area contributed by atoms with Crippen LogP contribution in [0.25, 0.3) is 0 Å². The summed E-state index contributed by atoms with van der Waals surface area (Å²) in [6, 6.07) is -1.32. The van der Waals surface area contributed by atoms with E-state index >= 15 is 0 Å². The van der Waals surface area contributed by atoms with E-state index in [2.05, 4.69) is 5.32 Å². The van der Waals surface area contributed by atoms with Crippen LogP contribution in [0.5, 0.6) is 0 Å². The van der Waals surface area contributed by atoms with Crippen LogP contribution in [0, 0.1) is 0 Å². The maximum Gasteiger partial charge on any atom is 0.326 e. The minimum Gasteiger partial charge on any atom is -0.480 e. The van der Waals surface area contributed by atoms with E-state index in [0.717, 1.165) is 19.1 Å². The third kappa shape index (κ3) is 4.52. The highest BCUT2D eigenvalue weighted by atomic mass is 32.2. The molecule has 0 bridgehead atoms. The Morgan fingerprint density at radius 1 is 1.39 bits per heavy atom. The number of piperidine rings is 1. The molecule has 0 aliphatic carbocycles. The Hall–Kier alpha value is -1.31. The Morgan fingerprint density at radius 2 is 2.06 bits per heavy atom. The van der Waals surface area contributed by atoms with E-state index in [-0.39, 0.29) is 12.3 Å². The van der Waals surface area contributed by atoms with E-state index in [9.17, 15) is 18.0 Å². The van der Waals surface area contributed by atoms with Crippen molar-refractivity contribution in [2.24, 2.45) is 0 Å². The van der Waals surface area contributed by atoms with Gasteiger partial charge in [-0.3, -0.25) is 0 Å². The van der Waals surface area contributed by atoms with E-state index in [0.29, 0.717) is 13.0 Å². The second kappa shape index (κ2) is 6.03. The normalized spacial score (nSPS) is 20.5. The lowest BCUT2D eigenvalue weighted by Gasteiger charge is -2.32. The summed E-state index contributed by atoms with van der Waals surface area (Å²) in [5.74, 6) is -1.17. The monoisotopic (exact) mass is 278 g/mol. The van der Waals surface area contributed by atoms with Gasteiger partial charge in [0.05, 0.1) is 5.75 Å². The van der Waals surface area contributed by atoms with Crippen LogP contribution in [0.2, 0.25) is 0 Å². The molecule has 18 heavy (non-hydrogen) atoms. The zero-order valence-corrected chi connectivity index (χ0v) is 11.1. The summed E-state index contributed by atoms with van der Waals surface area (Å²) in [6.07, 6.45) is 3.07. The summed E-state index contributed by atoms with van der Waals surface area (Å²) in [6.45, 7) is 0.391. The maximum absolute atomic E-state index is 11.8. The lowest BCUT2D eigenvalue weighted by molar-refractivity contribution is -0.143. The fourth-order valence-corrected chi connectivity index (χ4v) is 2.35. The van der Waals surface area contributed by atoms with Gasteiger partial charge in [0.2, 0.25) is 0 Å². The topological polar surface area (TPSA) is 104 Å². The highest BCUT2D eigenvalue weighted by Crippen LogP contribution is 2.17. The van der Waals surface area contributed by atoms with Crippen molar-refractivity contribution in [3.8, 4) is 0 Å². The molecule has 8 heteroatoms. The summed E-state index contributed by atoms with van der Waals surface area (Å²) >= 11 is 0. The van der Waals surface area contributed by atoms with Gasteiger partial charge in [-0.05, 0) is 19.3 Å². The first-order valence-electron chi connectivity index (χ1n) is 5.76. The van der Waals surface area contributed by atoms with Crippen LogP contribution in [0.15, 0.2) is 0 Å². The van der Waals surface area contributed by atoms with Gasteiger partial charge in [0.15, 0.2) is 0 Å². The Kier molecular flexibility index (Phi) is 4.94. The van der Waals surface area contributed by atoms with Crippen molar-refractivity contribution in [1.82, 2.24) is 10.2 Å². The van der Waals surface area contributed by atoms with Crippen LogP contribution in [-0.4, -0.2) is 61.6 Å². The summed E-state index contributed by atoms with van der Waals surface area (Å²) in [4.78, 5) is 24.0. The predicted octanol–water partition coefficient (Wildman–Crippen LogP) is -0.320. The highest BCUT2D eigenvalue weighted by molar-refractivity contribution is 7.90. The van der Waals surface area contributed by atoms with Crippen molar-refractivity contribution in [3.05, 3.63) is 0 Å². The number of carbonyl (C=O) groups is 2. The third-order valence-corrected chi connectivity index (χ3v) is 3.74. The molecule has 0 aromatic heterocycles. The van der Waals surface area contributed by atoms with E-state index < -0.39 is 27.9 Å². The lowest BCUT2D eigenvalue weighted by atomic mass is 10.0. The number of sulfone groups is 1. The third-order valence-electron chi connectivity index (χ3n) is 2.80. The minimum absolute atomic E-state index is 0.000502. The number of carboxylic acids is 1. The number of carboxylic acid groups (broad SMARTS) is 1. The van der Waals surface area contributed by atoms with Crippen molar-refractivity contribution in [1.29, 1.82) is 0 Å². The molecule has 0 saturated carbocycles. The molecule has 1 heterocycles. The number of likely N-dealkylation sites (tertiary alicyclic amines) is 1. The molecular formula is C10H18N2O5S. The van der Waals surface area contributed by atoms with Gasteiger partial charge in [0, 0.05) is 19.3 Å². The molecule has 0 radical (unpaired) electrons.